The number of aromatic nitrogens is 1. The molecule has 1 heterocycles. The van der Waals surface area contributed by atoms with E-state index in [-0.39, 0.29) is 0 Å². The first-order valence-electron chi connectivity index (χ1n) is 7.03. The molecule has 1 saturated carbocycles. The number of methoxy groups -OCH3 is 1. The van der Waals surface area contributed by atoms with Crippen LogP contribution in [-0.2, 0) is 0 Å². The van der Waals surface area contributed by atoms with Crippen LogP contribution in [0.25, 0.3) is 10.8 Å². The van der Waals surface area contributed by atoms with E-state index in [0.717, 1.165) is 27.6 Å². The Labute approximate surface area is 124 Å². The molecule has 0 radical (unpaired) electrons. The van der Waals surface area contributed by atoms with E-state index >= 15 is 0 Å². The average molecular weight is 288 g/mol. The maximum absolute atomic E-state index is 5.43. The lowest BCUT2D eigenvalue weighted by Crippen LogP contribution is -2.17. The number of nitrogens with zero attached hydrogens (tertiary/aromatic N) is 1. The Morgan fingerprint density at radius 1 is 1.25 bits per heavy atom. The van der Waals surface area contributed by atoms with Crippen molar-refractivity contribution in [3.8, 4) is 5.75 Å². The van der Waals surface area contributed by atoms with Gasteiger partial charge in [0.2, 0.25) is 0 Å². The van der Waals surface area contributed by atoms with E-state index in [2.05, 4.69) is 22.6 Å². The van der Waals surface area contributed by atoms with Crippen molar-refractivity contribution in [2.45, 2.75) is 30.6 Å². The minimum absolute atomic E-state index is 0.539. The first kappa shape index (κ1) is 13.6. The van der Waals surface area contributed by atoms with Gasteiger partial charge in [-0.1, -0.05) is 12.1 Å². The van der Waals surface area contributed by atoms with Crippen LogP contribution < -0.4 is 10.1 Å². The Morgan fingerprint density at radius 2 is 2.15 bits per heavy atom. The van der Waals surface area contributed by atoms with Crippen LogP contribution >= 0.6 is 11.8 Å². The molecule has 0 bridgehead atoms. The Balaban J connectivity index is 1.88. The Morgan fingerprint density at radius 3 is 2.90 bits per heavy atom. The van der Waals surface area contributed by atoms with Gasteiger partial charge in [-0.3, -0.25) is 0 Å². The first-order chi connectivity index (χ1) is 9.81. The van der Waals surface area contributed by atoms with Gasteiger partial charge >= 0.3 is 0 Å². The van der Waals surface area contributed by atoms with Gasteiger partial charge in [0.25, 0.3) is 0 Å². The van der Waals surface area contributed by atoms with Crippen LogP contribution in [0.15, 0.2) is 30.5 Å². The van der Waals surface area contributed by atoms with Crippen LogP contribution in [0.3, 0.4) is 0 Å². The molecule has 1 fully saturated rings. The fourth-order valence-corrected chi connectivity index (χ4v) is 3.75. The molecule has 2 unspecified atom stereocenters. The standard InChI is InChI=1S/C16H20N2OS/c1-19-15-5-3-4-14-13(15)8-9-17-16(14)18-11-6-7-12(10-11)20-2/h3-5,8-9,11-12H,6-7,10H2,1-2H3,(H,17,18). The lowest BCUT2D eigenvalue weighted by molar-refractivity contribution is 0.420. The summed E-state index contributed by atoms with van der Waals surface area (Å²) in [7, 11) is 1.71. The highest BCUT2D eigenvalue weighted by molar-refractivity contribution is 7.99. The number of nitrogens with one attached hydrogen (secondary N) is 1. The topological polar surface area (TPSA) is 34.1 Å². The number of ether oxygens (including phenoxy) is 1. The van der Waals surface area contributed by atoms with Crippen LogP contribution in [0, 0.1) is 0 Å². The van der Waals surface area contributed by atoms with Gasteiger partial charge in [0.05, 0.1) is 7.11 Å². The second kappa shape index (κ2) is 5.92. The number of pyridine rings is 1. The highest BCUT2D eigenvalue weighted by Crippen LogP contribution is 2.33. The molecule has 0 spiro atoms. The quantitative estimate of drug-likeness (QED) is 0.924. The number of anilines is 1. The summed E-state index contributed by atoms with van der Waals surface area (Å²) in [5.41, 5.74) is 0. The number of fused-ring (bicyclic) bond motifs is 1. The summed E-state index contributed by atoms with van der Waals surface area (Å²) in [6, 6.07) is 8.67. The second-order valence-corrected chi connectivity index (χ2v) is 6.37. The number of hydrogen-bond acceptors (Lipinski definition) is 4. The molecule has 106 valence electrons. The van der Waals surface area contributed by atoms with Crippen LogP contribution in [0.5, 0.6) is 5.75 Å². The molecule has 1 aromatic carbocycles. The first-order valence-corrected chi connectivity index (χ1v) is 8.31. The minimum Gasteiger partial charge on any atom is -0.496 e. The number of hydrogen-bond donors (Lipinski definition) is 1. The largest absolute Gasteiger partial charge is 0.496 e. The molecular weight excluding hydrogens is 268 g/mol. The fraction of sp³-hybridized carbons (Fsp3) is 0.438. The van der Waals surface area contributed by atoms with Crippen LogP contribution in [0.4, 0.5) is 5.82 Å². The molecule has 1 aliphatic rings. The molecule has 0 saturated heterocycles. The van der Waals surface area contributed by atoms with E-state index < -0.39 is 0 Å². The van der Waals surface area contributed by atoms with E-state index in [0.29, 0.717) is 6.04 Å². The molecule has 1 aromatic heterocycles. The van der Waals surface area contributed by atoms with Gasteiger partial charge < -0.3 is 10.1 Å². The summed E-state index contributed by atoms with van der Waals surface area (Å²) in [5.74, 6) is 1.88. The van der Waals surface area contributed by atoms with Gasteiger partial charge in [0, 0.05) is 28.3 Å². The molecule has 3 rings (SSSR count). The molecule has 0 amide bonds. The molecule has 3 nitrogen and oxygen atoms in total. The average Bonchev–Trinajstić information content (AvgIpc) is 2.95. The van der Waals surface area contributed by atoms with Crippen molar-refractivity contribution in [2.24, 2.45) is 0 Å². The van der Waals surface area contributed by atoms with E-state index in [1.54, 1.807) is 7.11 Å². The third-order valence-electron chi connectivity index (χ3n) is 4.04. The van der Waals surface area contributed by atoms with Gasteiger partial charge in [0.1, 0.15) is 11.6 Å². The van der Waals surface area contributed by atoms with Crippen molar-refractivity contribution in [3.05, 3.63) is 30.5 Å². The zero-order valence-corrected chi connectivity index (χ0v) is 12.7. The lowest BCUT2D eigenvalue weighted by atomic mass is 10.1. The normalized spacial score (nSPS) is 22.1. The smallest absolute Gasteiger partial charge is 0.134 e. The fourth-order valence-electron chi connectivity index (χ4n) is 2.95. The number of thioether (sulfide) groups is 1. The van der Waals surface area contributed by atoms with E-state index in [1.807, 2.05) is 36.2 Å². The van der Waals surface area contributed by atoms with Crippen molar-refractivity contribution in [1.29, 1.82) is 0 Å². The van der Waals surface area contributed by atoms with E-state index in [1.165, 1.54) is 19.3 Å². The molecule has 4 heteroatoms. The lowest BCUT2D eigenvalue weighted by Gasteiger charge is -2.16. The van der Waals surface area contributed by atoms with Gasteiger partial charge in [-0.05, 0) is 37.7 Å². The number of rotatable bonds is 4. The summed E-state index contributed by atoms with van der Waals surface area (Å²) in [6.07, 6.45) is 7.81. The molecule has 2 atom stereocenters. The Hall–Kier alpha value is -1.42. The van der Waals surface area contributed by atoms with Crippen molar-refractivity contribution in [1.82, 2.24) is 4.98 Å². The van der Waals surface area contributed by atoms with E-state index in [9.17, 15) is 0 Å². The maximum atomic E-state index is 5.43. The Kier molecular flexibility index (Phi) is 4.01. The van der Waals surface area contributed by atoms with Crippen LogP contribution in [0.1, 0.15) is 19.3 Å². The summed E-state index contributed by atoms with van der Waals surface area (Å²) < 4.78 is 5.43. The summed E-state index contributed by atoms with van der Waals surface area (Å²) >= 11 is 1.98. The molecule has 1 aliphatic carbocycles. The van der Waals surface area contributed by atoms with Crippen LogP contribution in [0.2, 0.25) is 0 Å². The SMILES string of the molecule is COc1cccc2c(NC3CCC(SC)C3)nccc12. The highest BCUT2D eigenvalue weighted by atomic mass is 32.2. The number of benzene rings is 1. The maximum Gasteiger partial charge on any atom is 0.134 e. The zero-order valence-electron chi connectivity index (χ0n) is 11.9. The third kappa shape index (κ3) is 2.57. The van der Waals surface area contributed by atoms with Crippen LogP contribution in [-0.4, -0.2) is 29.6 Å². The van der Waals surface area contributed by atoms with Crippen molar-refractivity contribution >= 4 is 28.4 Å². The van der Waals surface area contributed by atoms with Gasteiger partial charge in [-0.25, -0.2) is 4.98 Å². The van der Waals surface area contributed by atoms with Gasteiger partial charge in [0.15, 0.2) is 0 Å². The van der Waals surface area contributed by atoms with Crippen molar-refractivity contribution in [3.63, 3.8) is 0 Å². The van der Waals surface area contributed by atoms with Gasteiger partial charge in [-0.15, -0.1) is 0 Å². The molecule has 1 N–H and O–H groups in total. The monoisotopic (exact) mass is 288 g/mol. The Bertz CT molecular complexity index is 602. The second-order valence-electron chi connectivity index (χ2n) is 5.23. The summed E-state index contributed by atoms with van der Waals surface area (Å²) in [6.45, 7) is 0. The minimum atomic E-state index is 0.539. The van der Waals surface area contributed by atoms with Crippen molar-refractivity contribution in [2.75, 3.05) is 18.7 Å². The van der Waals surface area contributed by atoms with Crippen molar-refractivity contribution < 1.29 is 4.74 Å². The summed E-state index contributed by atoms with van der Waals surface area (Å²) in [5, 5.41) is 6.66. The predicted octanol–water partition coefficient (Wildman–Crippen LogP) is 3.94. The summed E-state index contributed by atoms with van der Waals surface area (Å²) in [4.78, 5) is 4.52. The molecular formula is C16H20N2OS. The third-order valence-corrected chi connectivity index (χ3v) is 5.14. The van der Waals surface area contributed by atoms with E-state index in [4.69, 9.17) is 4.74 Å². The predicted molar refractivity (Wildman–Crippen MR) is 86.9 cm³/mol. The zero-order chi connectivity index (χ0) is 13.9. The highest BCUT2D eigenvalue weighted by Gasteiger charge is 2.24. The molecule has 20 heavy (non-hydrogen) atoms. The molecule has 0 aliphatic heterocycles. The molecule has 2 aromatic rings. The van der Waals surface area contributed by atoms with Gasteiger partial charge in [-0.2, -0.15) is 11.8 Å².